The molecular formula is C12H20N2O. The van der Waals surface area contributed by atoms with E-state index in [1.807, 2.05) is 11.6 Å². The fraction of sp³-hybridized carbons (Fsp3) is 0.750. The van der Waals surface area contributed by atoms with E-state index in [0.29, 0.717) is 6.04 Å². The van der Waals surface area contributed by atoms with Crippen LogP contribution >= 0.6 is 0 Å². The van der Waals surface area contributed by atoms with Gasteiger partial charge in [-0.05, 0) is 26.2 Å². The third-order valence-electron chi connectivity index (χ3n) is 3.54. The van der Waals surface area contributed by atoms with Crippen molar-refractivity contribution in [2.45, 2.75) is 58.4 Å². The molecule has 1 N–H and O–H groups in total. The van der Waals surface area contributed by atoms with Crippen molar-refractivity contribution in [3.63, 3.8) is 0 Å². The van der Waals surface area contributed by atoms with Crippen LogP contribution < -0.4 is 5.56 Å². The Morgan fingerprint density at radius 2 is 2.00 bits per heavy atom. The normalized spacial score (nSPS) is 18.3. The maximum atomic E-state index is 12.0. The molecule has 1 saturated carbocycles. The number of nitrogens with one attached hydrogen (secondary N) is 1. The van der Waals surface area contributed by atoms with Crippen molar-refractivity contribution in [2.24, 2.45) is 0 Å². The van der Waals surface area contributed by atoms with Gasteiger partial charge in [0.2, 0.25) is 0 Å². The number of aromatic amines is 1. The lowest BCUT2D eigenvalue weighted by atomic mass is 9.96. The average molecular weight is 208 g/mol. The molecule has 0 radical (unpaired) electrons. The van der Waals surface area contributed by atoms with Crippen molar-refractivity contribution in [1.82, 2.24) is 9.78 Å². The van der Waals surface area contributed by atoms with Gasteiger partial charge < -0.3 is 0 Å². The minimum Gasteiger partial charge on any atom is -0.299 e. The minimum atomic E-state index is 0.193. The molecule has 0 saturated heterocycles. The van der Waals surface area contributed by atoms with E-state index in [9.17, 15) is 4.79 Å². The lowest BCUT2D eigenvalue weighted by Gasteiger charge is -2.21. The Morgan fingerprint density at radius 3 is 2.53 bits per heavy atom. The summed E-state index contributed by atoms with van der Waals surface area (Å²) in [7, 11) is 0. The van der Waals surface area contributed by atoms with Gasteiger partial charge >= 0.3 is 0 Å². The molecule has 1 aromatic rings. The molecule has 1 fully saturated rings. The van der Waals surface area contributed by atoms with Crippen LogP contribution in [0.5, 0.6) is 0 Å². The third-order valence-corrected chi connectivity index (χ3v) is 3.54. The van der Waals surface area contributed by atoms with Gasteiger partial charge in [0.1, 0.15) is 0 Å². The zero-order valence-corrected chi connectivity index (χ0v) is 9.68. The van der Waals surface area contributed by atoms with Crippen molar-refractivity contribution >= 4 is 0 Å². The first-order chi connectivity index (χ1) is 7.24. The molecule has 0 unspecified atom stereocenters. The Hall–Kier alpha value is -0.990. The first kappa shape index (κ1) is 10.5. The number of aryl methyl sites for hydroxylation is 1. The SMILES string of the molecule is CCc1[nH]n(C2CCCCC2)c(=O)c1C. The van der Waals surface area contributed by atoms with Gasteiger partial charge in [-0.1, -0.05) is 26.2 Å². The van der Waals surface area contributed by atoms with Gasteiger partial charge in [0, 0.05) is 11.3 Å². The second-order valence-electron chi connectivity index (χ2n) is 4.54. The molecule has 0 aromatic carbocycles. The second-order valence-corrected chi connectivity index (χ2v) is 4.54. The van der Waals surface area contributed by atoms with Gasteiger partial charge in [0.05, 0.1) is 6.04 Å². The molecular weight excluding hydrogens is 188 g/mol. The molecule has 1 aliphatic carbocycles. The van der Waals surface area contributed by atoms with Crippen molar-refractivity contribution in [3.8, 4) is 0 Å². The molecule has 0 atom stereocenters. The van der Waals surface area contributed by atoms with E-state index in [-0.39, 0.29) is 5.56 Å². The third kappa shape index (κ3) is 1.87. The molecule has 1 aliphatic rings. The maximum absolute atomic E-state index is 12.0. The number of hydrogen-bond acceptors (Lipinski definition) is 1. The van der Waals surface area contributed by atoms with Gasteiger partial charge in [-0.3, -0.25) is 9.89 Å². The molecule has 15 heavy (non-hydrogen) atoms. The van der Waals surface area contributed by atoms with Gasteiger partial charge in [0.15, 0.2) is 0 Å². The Morgan fingerprint density at radius 1 is 1.33 bits per heavy atom. The van der Waals surface area contributed by atoms with Crippen LogP contribution in [0.3, 0.4) is 0 Å². The van der Waals surface area contributed by atoms with Crippen LogP contribution in [0.4, 0.5) is 0 Å². The van der Waals surface area contributed by atoms with E-state index < -0.39 is 0 Å². The fourth-order valence-corrected chi connectivity index (χ4v) is 2.53. The van der Waals surface area contributed by atoms with E-state index in [1.165, 1.54) is 19.3 Å². The van der Waals surface area contributed by atoms with E-state index >= 15 is 0 Å². The van der Waals surface area contributed by atoms with E-state index in [2.05, 4.69) is 12.0 Å². The van der Waals surface area contributed by atoms with Gasteiger partial charge in [-0.2, -0.15) is 0 Å². The molecule has 0 bridgehead atoms. The number of nitrogens with zero attached hydrogens (tertiary/aromatic N) is 1. The second kappa shape index (κ2) is 4.25. The predicted molar refractivity (Wildman–Crippen MR) is 61.3 cm³/mol. The summed E-state index contributed by atoms with van der Waals surface area (Å²) < 4.78 is 1.87. The highest BCUT2D eigenvalue weighted by atomic mass is 16.1. The van der Waals surface area contributed by atoms with Crippen molar-refractivity contribution in [3.05, 3.63) is 21.6 Å². The summed E-state index contributed by atoms with van der Waals surface area (Å²) in [6.07, 6.45) is 7.08. The zero-order chi connectivity index (χ0) is 10.8. The smallest absolute Gasteiger partial charge is 0.269 e. The summed E-state index contributed by atoms with van der Waals surface area (Å²) in [5.41, 5.74) is 2.20. The van der Waals surface area contributed by atoms with E-state index in [1.54, 1.807) is 0 Å². The Balaban J connectivity index is 2.31. The maximum Gasteiger partial charge on any atom is 0.269 e. The molecule has 1 heterocycles. The zero-order valence-electron chi connectivity index (χ0n) is 9.68. The summed E-state index contributed by atoms with van der Waals surface area (Å²) in [6, 6.07) is 0.422. The van der Waals surface area contributed by atoms with Gasteiger partial charge in [-0.25, -0.2) is 4.68 Å². The van der Waals surface area contributed by atoms with E-state index in [0.717, 1.165) is 30.5 Å². The summed E-state index contributed by atoms with van der Waals surface area (Å²) in [4.78, 5) is 12.0. The highest BCUT2D eigenvalue weighted by Gasteiger charge is 2.19. The van der Waals surface area contributed by atoms with Crippen molar-refractivity contribution in [1.29, 1.82) is 0 Å². The van der Waals surface area contributed by atoms with Gasteiger partial charge in [-0.15, -0.1) is 0 Å². The number of H-pyrrole nitrogens is 1. The molecule has 3 nitrogen and oxygen atoms in total. The van der Waals surface area contributed by atoms with Crippen LogP contribution in [0.2, 0.25) is 0 Å². The molecule has 3 heteroatoms. The molecule has 0 amide bonds. The molecule has 1 aromatic heterocycles. The molecule has 0 aliphatic heterocycles. The number of aromatic nitrogens is 2. The van der Waals surface area contributed by atoms with Gasteiger partial charge in [0.25, 0.3) is 5.56 Å². The summed E-state index contributed by atoms with van der Waals surface area (Å²) in [5.74, 6) is 0. The minimum absolute atomic E-state index is 0.193. The average Bonchev–Trinajstić information content (AvgIpc) is 2.57. The van der Waals surface area contributed by atoms with E-state index in [4.69, 9.17) is 0 Å². The standard InChI is InChI=1S/C12H20N2O/c1-3-11-9(2)12(15)14(13-11)10-7-5-4-6-8-10/h10,13H,3-8H2,1-2H3. The Bertz CT molecular complexity index is 383. The lowest BCUT2D eigenvalue weighted by Crippen LogP contribution is -2.25. The van der Waals surface area contributed by atoms with Crippen LogP contribution in [-0.4, -0.2) is 9.78 Å². The summed E-state index contributed by atoms with van der Waals surface area (Å²) in [5, 5.41) is 3.27. The lowest BCUT2D eigenvalue weighted by molar-refractivity contribution is 0.322. The first-order valence-electron chi connectivity index (χ1n) is 6.04. The highest BCUT2D eigenvalue weighted by molar-refractivity contribution is 5.15. The molecule has 2 rings (SSSR count). The molecule has 0 spiro atoms. The predicted octanol–water partition coefficient (Wildman–Crippen LogP) is 2.55. The number of rotatable bonds is 2. The summed E-state index contributed by atoms with van der Waals surface area (Å²) in [6.45, 7) is 4.01. The quantitative estimate of drug-likeness (QED) is 0.797. The topological polar surface area (TPSA) is 37.8 Å². The highest BCUT2D eigenvalue weighted by Crippen LogP contribution is 2.26. The molecule has 84 valence electrons. The van der Waals surface area contributed by atoms with Crippen LogP contribution in [0.25, 0.3) is 0 Å². The van der Waals surface area contributed by atoms with Crippen LogP contribution in [0.15, 0.2) is 4.79 Å². The van der Waals surface area contributed by atoms with Crippen LogP contribution in [0, 0.1) is 6.92 Å². The van der Waals surface area contributed by atoms with Crippen molar-refractivity contribution < 1.29 is 0 Å². The van der Waals surface area contributed by atoms with Crippen molar-refractivity contribution in [2.75, 3.05) is 0 Å². The number of hydrogen-bond donors (Lipinski definition) is 1. The van der Waals surface area contributed by atoms with Crippen LogP contribution in [-0.2, 0) is 6.42 Å². The Kier molecular flexibility index (Phi) is 2.98. The fourth-order valence-electron chi connectivity index (χ4n) is 2.53. The Labute approximate surface area is 90.5 Å². The first-order valence-corrected chi connectivity index (χ1v) is 6.04. The monoisotopic (exact) mass is 208 g/mol. The summed E-state index contributed by atoms with van der Waals surface area (Å²) >= 11 is 0. The van der Waals surface area contributed by atoms with Crippen LogP contribution in [0.1, 0.15) is 56.3 Å². The largest absolute Gasteiger partial charge is 0.299 e.